The van der Waals surface area contributed by atoms with Crippen molar-refractivity contribution in [2.45, 2.75) is 44.8 Å². The van der Waals surface area contributed by atoms with Crippen LogP contribution in [0.25, 0.3) is 11.3 Å². The summed E-state index contributed by atoms with van der Waals surface area (Å²) in [5.41, 5.74) is 6.71. The molecule has 0 radical (unpaired) electrons. The molecular weight excluding hydrogens is 525 g/mol. The molecule has 202 valence electrons. The summed E-state index contributed by atoms with van der Waals surface area (Å²) in [6, 6.07) is 17.5. The van der Waals surface area contributed by atoms with Crippen LogP contribution < -0.4 is 16.0 Å². The van der Waals surface area contributed by atoms with Crippen molar-refractivity contribution in [3.05, 3.63) is 88.7 Å². The summed E-state index contributed by atoms with van der Waals surface area (Å²) in [5, 5.41) is 9.59. The van der Waals surface area contributed by atoms with Gasteiger partial charge in [-0.25, -0.2) is 4.98 Å². The molecule has 0 fully saturated rings. The fraction of sp³-hybridized carbons (Fsp3) is 0.276. The molecule has 0 spiro atoms. The van der Waals surface area contributed by atoms with Crippen LogP contribution in [0, 0.1) is 6.92 Å². The SMILES string of the molecule is Cc1cccnc1-c1ccccc1Nc1nc(Nc2ccc3c(c2)CCC(NCC(F)(F)F)CC3)ncc1Cl. The lowest BCUT2D eigenvalue weighted by Gasteiger charge is -2.17. The van der Waals surface area contributed by atoms with E-state index in [0.717, 1.165) is 45.7 Å². The highest BCUT2D eigenvalue weighted by Gasteiger charge is 2.28. The van der Waals surface area contributed by atoms with Gasteiger partial charge in [0.2, 0.25) is 5.95 Å². The molecule has 1 atom stereocenters. The summed E-state index contributed by atoms with van der Waals surface area (Å²) in [4.78, 5) is 13.5. The van der Waals surface area contributed by atoms with Crippen LogP contribution in [0.1, 0.15) is 29.5 Å². The molecule has 0 saturated heterocycles. The van der Waals surface area contributed by atoms with Crippen LogP contribution in [0.4, 0.5) is 36.3 Å². The average molecular weight is 553 g/mol. The van der Waals surface area contributed by atoms with Gasteiger partial charge in [0.1, 0.15) is 5.02 Å². The van der Waals surface area contributed by atoms with Gasteiger partial charge < -0.3 is 16.0 Å². The second kappa shape index (κ2) is 11.6. The van der Waals surface area contributed by atoms with Gasteiger partial charge in [-0.1, -0.05) is 41.9 Å². The topological polar surface area (TPSA) is 74.8 Å². The third-order valence-corrected chi connectivity index (χ3v) is 7.04. The van der Waals surface area contributed by atoms with Gasteiger partial charge in [-0.05, 0) is 73.6 Å². The van der Waals surface area contributed by atoms with Crippen molar-refractivity contribution in [1.82, 2.24) is 20.3 Å². The summed E-state index contributed by atoms with van der Waals surface area (Å²) < 4.78 is 37.9. The van der Waals surface area contributed by atoms with Crippen LogP contribution in [0.15, 0.2) is 67.0 Å². The Balaban J connectivity index is 1.31. The molecular formula is C29H28ClF3N6. The molecule has 6 nitrogen and oxygen atoms in total. The number of fused-ring (bicyclic) bond motifs is 1. The summed E-state index contributed by atoms with van der Waals surface area (Å²) >= 11 is 6.45. The maximum atomic E-state index is 12.6. The first-order chi connectivity index (χ1) is 18.7. The van der Waals surface area contributed by atoms with E-state index in [1.807, 2.05) is 61.5 Å². The van der Waals surface area contributed by atoms with Gasteiger partial charge in [0.15, 0.2) is 5.82 Å². The molecule has 0 aliphatic heterocycles. The Labute approximate surface area is 230 Å². The van der Waals surface area contributed by atoms with Crippen molar-refractivity contribution >= 4 is 34.7 Å². The van der Waals surface area contributed by atoms with E-state index in [1.165, 1.54) is 6.20 Å². The number of rotatable bonds is 7. The lowest BCUT2D eigenvalue weighted by Crippen LogP contribution is -2.37. The number of aryl methyl sites for hydroxylation is 3. The summed E-state index contributed by atoms with van der Waals surface area (Å²) in [6.45, 7) is 1.05. The van der Waals surface area contributed by atoms with Crippen molar-refractivity contribution < 1.29 is 13.2 Å². The molecule has 39 heavy (non-hydrogen) atoms. The molecule has 1 aliphatic rings. The van der Waals surface area contributed by atoms with E-state index >= 15 is 0 Å². The highest BCUT2D eigenvalue weighted by atomic mass is 35.5. The predicted molar refractivity (Wildman–Crippen MR) is 149 cm³/mol. The first kappa shape index (κ1) is 26.9. The summed E-state index contributed by atoms with van der Waals surface area (Å²) in [7, 11) is 0. The van der Waals surface area contributed by atoms with Gasteiger partial charge in [-0.2, -0.15) is 18.2 Å². The van der Waals surface area contributed by atoms with Crippen molar-refractivity contribution in [1.29, 1.82) is 0 Å². The van der Waals surface area contributed by atoms with Crippen LogP contribution in [0.3, 0.4) is 0 Å². The smallest absolute Gasteiger partial charge is 0.338 e. The summed E-state index contributed by atoms with van der Waals surface area (Å²) in [6.07, 6.45) is 1.83. The van der Waals surface area contributed by atoms with Crippen molar-refractivity contribution in [3.8, 4) is 11.3 Å². The van der Waals surface area contributed by atoms with Crippen LogP contribution >= 0.6 is 11.6 Å². The normalized spacial score (nSPS) is 15.4. The molecule has 0 amide bonds. The maximum absolute atomic E-state index is 12.6. The van der Waals surface area contributed by atoms with Gasteiger partial charge in [0.05, 0.1) is 18.4 Å². The second-order valence-corrected chi connectivity index (χ2v) is 10.0. The van der Waals surface area contributed by atoms with Crippen molar-refractivity contribution in [2.75, 3.05) is 17.2 Å². The molecule has 0 bridgehead atoms. The maximum Gasteiger partial charge on any atom is 0.401 e. The Morgan fingerprint density at radius 1 is 0.949 bits per heavy atom. The first-order valence-electron chi connectivity index (χ1n) is 12.7. The lowest BCUT2D eigenvalue weighted by atomic mass is 10.0. The molecule has 2 aromatic heterocycles. The number of benzene rings is 2. The van der Waals surface area contributed by atoms with Gasteiger partial charge >= 0.3 is 6.18 Å². The minimum atomic E-state index is -4.21. The van der Waals surface area contributed by atoms with Gasteiger partial charge in [0.25, 0.3) is 0 Å². The fourth-order valence-corrected chi connectivity index (χ4v) is 4.92. The largest absolute Gasteiger partial charge is 0.401 e. The van der Waals surface area contributed by atoms with Crippen molar-refractivity contribution in [2.24, 2.45) is 0 Å². The van der Waals surface area contributed by atoms with E-state index in [-0.39, 0.29) is 6.04 Å². The molecule has 10 heteroatoms. The van der Waals surface area contributed by atoms with Crippen LogP contribution in [0.5, 0.6) is 0 Å². The predicted octanol–water partition coefficient (Wildman–Crippen LogP) is 7.39. The number of anilines is 4. The number of nitrogens with one attached hydrogen (secondary N) is 3. The molecule has 1 unspecified atom stereocenters. The van der Waals surface area contributed by atoms with E-state index in [4.69, 9.17) is 11.6 Å². The minimum absolute atomic E-state index is 0.165. The number of pyridine rings is 1. The van der Waals surface area contributed by atoms with E-state index in [9.17, 15) is 13.2 Å². The highest BCUT2D eigenvalue weighted by molar-refractivity contribution is 6.33. The Hall–Kier alpha value is -3.69. The Morgan fingerprint density at radius 3 is 2.54 bits per heavy atom. The quantitative estimate of drug-likeness (QED) is 0.208. The van der Waals surface area contributed by atoms with Gasteiger partial charge in [-0.3, -0.25) is 4.98 Å². The van der Waals surface area contributed by atoms with Gasteiger partial charge in [0, 0.05) is 29.2 Å². The zero-order valence-electron chi connectivity index (χ0n) is 21.3. The van der Waals surface area contributed by atoms with E-state index in [1.54, 1.807) is 6.20 Å². The molecule has 4 aromatic rings. The third-order valence-electron chi connectivity index (χ3n) is 6.77. The average Bonchev–Trinajstić information content (AvgIpc) is 3.12. The van der Waals surface area contributed by atoms with Gasteiger partial charge in [-0.15, -0.1) is 0 Å². The molecule has 2 heterocycles. The third kappa shape index (κ3) is 6.85. The zero-order valence-corrected chi connectivity index (χ0v) is 22.1. The second-order valence-electron chi connectivity index (χ2n) is 9.61. The lowest BCUT2D eigenvalue weighted by molar-refractivity contribution is -0.126. The zero-order chi connectivity index (χ0) is 27.4. The Kier molecular flexibility index (Phi) is 7.99. The number of alkyl halides is 3. The number of para-hydroxylation sites is 1. The van der Waals surface area contributed by atoms with E-state index < -0.39 is 12.7 Å². The molecule has 3 N–H and O–H groups in total. The monoisotopic (exact) mass is 552 g/mol. The Morgan fingerprint density at radius 2 is 1.74 bits per heavy atom. The minimum Gasteiger partial charge on any atom is -0.338 e. The van der Waals surface area contributed by atoms with E-state index in [2.05, 4.69) is 30.9 Å². The van der Waals surface area contributed by atoms with Crippen LogP contribution in [0.2, 0.25) is 5.02 Å². The number of hydrogen-bond acceptors (Lipinski definition) is 6. The summed E-state index contributed by atoms with van der Waals surface area (Å²) in [5.74, 6) is 0.815. The fourth-order valence-electron chi connectivity index (χ4n) is 4.79. The molecule has 2 aromatic carbocycles. The Bertz CT molecular complexity index is 1460. The van der Waals surface area contributed by atoms with Crippen molar-refractivity contribution in [3.63, 3.8) is 0 Å². The van der Waals surface area contributed by atoms with Crippen LogP contribution in [-0.4, -0.2) is 33.7 Å². The number of halogens is 4. The molecule has 5 rings (SSSR count). The van der Waals surface area contributed by atoms with E-state index in [0.29, 0.717) is 36.1 Å². The standard InChI is InChI=1S/C29H28ClF3N6/c1-18-5-4-14-34-26(18)23-6-2-3-7-25(23)38-27-24(30)16-35-28(39-27)37-22-13-9-19-8-11-21(12-10-20(19)15-22)36-17-29(31,32)33/h2-7,9,13-16,21,36H,8,10-12,17H2,1H3,(H2,35,37,38,39). The van der Waals surface area contributed by atoms with Crippen LogP contribution in [-0.2, 0) is 12.8 Å². The molecule has 1 aliphatic carbocycles. The first-order valence-corrected chi connectivity index (χ1v) is 13.1. The number of aromatic nitrogens is 3. The highest BCUT2D eigenvalue weighted by Crippen LogP contribution is 2.33. The number of hydrogen-bond donors (Lipinski definition) is 3. The number of nitrogens with zero attached hydrogens (tertiary/aromatic N) is 3. The molecule has 0 saturated carbocycles.